The summed E-state index contributed by atoms with van der Waals surface area (Å²) in [5.74, 6) is 1.21. The van der Waals surface area contributed by atoms with Crippen molar-refractivity contribution in [2.75, 3.05) is 32.7 Å². The molecule has 1 amide bonds. The molecule has 1 aliphatic heterocycles. The van der Waals surface area contributed by atoms with Gasteiger partial charge < -0.3 is 4.90 Å². The molecule has 3 heterocycles. The Hall–Kier alpha value is -1.73. The maximum absolute atomic E-state index is 13.6. The van der Waals surface area contributed by atoms with Crippen molar-refractivity contribution < 1.29 is 4.79 Å². The highest BCUT2D eigenvalue weighted by molar-refractivity contribution is 7.18. The van der Waals surface area contributed by atoms with Gasteiger partial charge in [0.25, 0.3) is 5.56 Å². The predicted octanol–water partition coefficient (Wildman–Crippen LogP) is 3.70. The van der Waals surface area contributed by atoms with Crippen molar-refractivity contribution in [3.8, 4) is 0 Å². The number of carbonyl (C=O) groups excluding carboxylic acids is 1. The zero-order valence-electron chi connectivity index (χ0n) is 18.6. The average molecular weight is 419 g/mol. The minimum absolute atomic E-state index is 0.0645. The maximum Gasteiger partial charge on any atom is 0.262 e. The van der Waals surface area contributed by atoms with Gasteiger partial charge >= 0.3 is 0 Å². The van der Waals surface area contributed by atoms with Gasteiger partial charge in [0, 0.05) is 30.4 Å². The number of aromatic nitrogens is 2. The van der Waals surface area contributed by atoms with Crippen LogP contribution < -0.4 is 5.56 Å². The molecule has 1 atom stereocenters. The lowest BCUT2D eigenvalue weighted by Crippen LogP contribution is -2.46. The Morgan fingerprint density at radius 1 is 1.28 bits per heavy atom. The largest absolute Gasteiger partial charge is 0.342 e. The van der Waals surface area contributed by atoms with E-state index in [1.807, 2.05) is 30.2 Å². The summed E-state index contributed by atoms with van der Waals surface area (Å²) >= 11 is 1.61. The van der Waals surface area contributed by atoms with Gasteiger partial charge in [-0.1, -0.05) is 13.8 Å². The fourth-order valence-corrected chi connectivity index (χ4v) is 5.36. The molecule has 160 valence electrons. The van der Waals surface area contributed by atoms with Crippen LogP contribution >= 0.6 is 11.3 Å². The minimum Gasteiger partial charge on any atom is -0.342 e. The molecule has 6 nitrogen and oxygen atoms in total. The summed E-state index contributed by atoms with van der Waals surface area (Å²) in [4.78, 5) is 37.2. The molecular weight excluding hydrogens is 384 g/mol. The Kier molecular flexibility index (Phi) is 6.79. The van der Waals surface area contributed by atoms with Crippen molar-refractivity contribution in [2.24, 2.45) is 0 Å². The number of nitrogens with zero attached hydrogens (tertiary/aromatic N) is 4. The molecule has 0 aliphatic carbocycles. The van der Waals surface area contributed by atoms with Gasteiger partial charge in [0.1, 0.15) is 10.7 Å². The molecule has 7 heteroatoms. The lowest BCUT2D eigenvalue weighted by atomic mass is 10.0. The number of hydrogen-bond donors (Lipinski definition) is 0. The topological polar surface area (TPSA) is 58.4 Å². The standard InChI is InChI=1S/C22H34N4O2S/c1-7-25(8-2)18(27)13-24-11-9-10-17(12-24)26-20(14(3)4)23-21-19(22(26)28)15(5)16(6)29-21/h14,17H,7-13H2,1-6H3/t17-/m1/s1. The van der Waals surface area contributed by atoms with E-state index in [9.17, 15) is 9.59 Å². The van der Waals surface area contributed by atoms with Crippen molar-refractivity contribution in [3.05, 3.63) is 26.6 Å². The molecule has 0 spiro atoms. The third-order valence-corrected chi connectivity index (χ3v) is 7.20. The van der Waals surface area contributed by atoms with Gasteiger partial charge in [-0.15, -0.1) is 11.3 Å². The lowest BCUT2D eigenvalue weighted by Gasteiger charge is -2.35. The smallest absolute Gasteiger partial charge is 0.262 e. The molecule has 3 rings (SSSR count). The van der Waals surface area contributed by atoms with Crippen molar-refractivity contribution in [1.29, 1.82) is 0 Å². The lowest BCUT2D eigenvalue weighted by molar-refractivity contribution is -0.132. The van der Waals surface area contributed by atoms with Crippen LogP contribution in [0.15, 0.2) is 4.79 Å². The van der Waals surface area contributed by atoms with Gasteiger partial charge in [-0.05, 0) is 52.6 Å². The molecule has 1 saturated heterocycles. The number of thiophene rings is 1. The van der Waals surface area contributed by atoms with E-state index in [0.717, 1.165) is 65.5 Å². The maximum atomic E-state index is 13.6. The average Bonchev–Trinajstić information content (AvgIpc) is 2.97. The second-order valence-electron chi connectivity index (χ2n) is 8.36. The van der Waals surface area contributed by atoms with Crippen molar-refractivity contribution in [1.82, 2.24) is 19.4 Å². The number of carbonyl (C=O) groups is 1. The fraction of sp³-hybridized carbons (Fsp3) is 0.682. The first-order chi connectivity index (χ1) is 13.8. The van der Waals surface area contributed by atoms with Gasteiger partial charge in [-0.25, -0.2) is 4.98 Å². The summed E-state index contributed by atoms with van der Waals surface area (Å²) in [6.07, 6.45) is 1.94. The van der Waals surface area contributed by atoms with Crippen LogP contribution in [-0.4, -0.2) is 58.0 Å². The number of rotatable bonds is 6. The van der Waals surface area contributed by atoms with Crippen LogP contribution in [-0.2, 0) is 4.79 Å². The van der Waals surface area contributed by atoms with Crippen LogP contribution in [0.25, 0.3) is 10.2 Å². The number of hydrogen-bond acceptors (Lipinski definition) is 5. The molecule has 0 saturated carbocycles. The van der Waals surface area contributed by atoms with Gasteiger partial charge in [-0.2, -0.15) is 0 Å². The SMILES string of the molecule is CCN(CC)C(=O)CN1CCC[C@@H](n2c(C(C)C)nc3sc(C)c(C)c3c2=O)C1. The second-order valence-corrected chi connectivity index (χ2v) is 9.56. The summed E-state index contributed by atoms with van der Waals surface area (Å²) in [5.41, 5.74) is 1.14. The molecule has 0 radical (unpaired) electrons. The highest BCUT2D eigenvalue weighted by Gasteiger charge is 2.28. The second kappa shape index (κ2) is 8.96. The van der Waals surface area contributed by atoms with Crippen molar-refractivity contribution in [3.63, 3.8) is 0 Å². The third-order valence-electron chi connectivity index (χ3n) is 6.10. The highest BCUT2D eigenvalue weighted by atomic mass is 32.1. The third kappa shape index (κ3) is 4.26. The summed E-state index contributed by atoms with van der Waals surface area (Å²) in [5, 5.41) is 0.772. The molecule has 1 fully saturated rings. The molecule has 29 heavy (non-hydrogen) atoms. The summed E-state index contributed by atoms with van der Waals surface area (Å²) in [6.45, 7) is 15.8. The van der Waals surface area contributed by atoms with E-state index in [4.69, 9.17) is 4.98 Å². The molecule has 0 bridgehead atoms. The Labute approximate surface area is 177 Å². The van der Waals surface area contributed by atoms with E-state index in [1.54, 1.807) is 11.3 Å². The predicted molar refractivity (Wildman–Crippen MR) is 120 cm³/mol. The fourth-order valence-electron chi connectivity index (χ4n) is 4.34. The van der Waals surface area contributed by atoms with Crippen molar-refractivity contribution in [2.45, 2.75) is 66.3 Å². The van der Waals surface area contributed by atoms with Gasteiger partial charge in [-0.3, -0.25) is 19.1 Å². The Morgan fingerprint density at radius 3 is 2.59 bits per heavy atom. The van der Waals surface area contributed by atoms with E-state index in [0.29, 0.717) is 6.54 Å². The quantitative estimate of drug-likeness (QED) is 0.718. The van der Waals surface area contributed by atoms with E-state index in [1.165, 1.54) is 0 Å². The molecule has 0 N–H and O–H groups in total. The molecule has 0 aromatic carbocycles. The normalized spacial score (nSPS) is 18.0. The van der Waals surface area contributed by atoms with Gasteiger partial charge in [0.15, 0.2) is 0 Å². The Balaban J connectivity index is 1.96. The van der Waals surface area contributed by atoms with E-state index in [-0.39, 0.29) is 23.4 Å². The number of piperidine rings is 1. The van der Waals surface area contributed by atoms with E-state index in [2.05, 4.69) is 25.7 Å². The number of aryl methyl sites for hydroxylation is 2. The first-order valence-corrected chi connectivity index (χ1v) is 11.6. The van der Waals surface area contributed by atoms with Gasteiger partial charge in [0.05, 0.1) is 18.0 Å². The molecule has 2 aromatic heterocycles. The number of likely N-dealkylation sites (tertiary alicyclic amines) is 1. The van der Waals surface area contributed by atoms with Crippen LogP contribution in [0.4, 0.5) is 0 Å². The minimum atomic E-state index is 0.0645. The number of fused-ring (bicyclic) bond motifs is 1. The number of amides is 1. The Morgan fingerprint density at radius 2 is 1.97 bits per heavy atom. The molecular formula is C22H34N4O2S. The summed E-state index contributed by atoms with van der Waals surface area (Å²) < 4.78 is 1.94. The van der Waals surface area contributed by atoms with Crippen LogP contribution in [0.5, 0.6) is 0 Å². The summed E-state index contributed by atoms with van der Waals surface area (Å²) in [7, 11) is 0. The number of likely N-dealkylation sites (N-methyl/N-ethyl adjacent to an activating group) is 1. The van der Waals surface area contributed by atoms with Crippen LogP contribution in [0.1, 0.15) is 68.8 Å². The molecule has 2 aromatic rings. The van der Waals surface area contributed by atoms with E-state index < -0.39 is 0 Å². The Bertz CT molecular complexity index is 942. The van der Waals surface area contributed by atoms with Crippen LogP contribution in [0.2, 0.25) is 0 Å². The monoisotopic (exact) mass is 418 g/mol. The van der Waals surface area contributed by atoms with Crippen LogP contribution in [0.3, 0.4) is 0 Å². The van der Waals surface area contributed by atoms with Crippen molar-refractivity contribution >= 4 is 27.5 Å². The zero-order chi connectivity index (χ0) is 21.3. The molecule has 1 aliphatic rings. The zero-order valence-corrected chi connectivity index (χ0v) is 19.4. The van der Waals surface area contributed by atoms with Gasteiger partial charge in [0.2, 0.25) is 5.91 Å². The first kappa shape index (κ1) is 22.0. The first-order valence-electron chi connectivity index (χ1n) is 10.8. The highest BCUT2D eigenvalue weighted by Crippen LogP contribution is 2.30. The molecule has 0 unspecified atom stereocenters. The van der Waals surface area contributed by atoms with Crippen LogP contribution in [0, 0.1) is 13.8 Å². The summed E-state index contributed by atoms with van der Waals surface area (Å²) in [6, 6.07) is 0.0645. The van der Waals surface area contributed by atoms with E-state index >= 15 is 0 Å².